The number of carbonyl (C=O) groups excluding carboxylic acids is 2. The van der Waals surface area contributed by atoms with Gasteiger partial charge in [0.2, 0.25) is 0 Å². The van der Waals surface area contributed by atoms with Crippen LogP contribution in [0.2, 0.25) is 5.02 Å². The zero-order valence-electron chi connectivity index (χ0n) is 19.4. The number of benzene rings is 1. The van der Waals surface area contributed by atoms with E-state index in [1.54, 1.807) is 29.7 Å². The van der Waals surface area contributed by atoms with E-state index in [0.29, 0.717) is 20.2 Å². The van der Waals surface area contributed by atoms with E-state index in [0.717, 1.165) is 20.9 Å². The van der Waals surface area contributed by atoms with Gasteiger partial charge in [-0.05, 0) is 35.3 Å². The van der Waals surface area contributed by atoms with E-state index in [9.17, 15) is 29.5 Å². The quantitative estimate of drug-likeness (QED) is 0.101. The standard InChI is InChI=1S/C23H16ClN5O6S4/c24-10-1-2-11-13(30)6-15(39-14(11)5-10)36-4-3-9-7-37-21-17(20(32)29(21)18(9)22(33)34)27-19(31)16(28-35)12-8-38-23(25)26-12/h1-6,8,17,21,35H,7H2,(H2,25,26)(H,27,31)(H,33,34)/b4-3+,28-16+/t17?,21-/m1/s1. The number of hydrogen-bond acceptors (Lipinski definition) is 12. The number of carboxylic acids is 1. The highest BCUT2D eigenvalue weighted by molar-refractivity contribution is 8.04. The maximum absolute atomic E-state index is 12.9. The van der Waals surface area contributed by atoms with Gasteiger partial charge in [-0.3, -0.25) is 19.3 Å². The Balaban J connectivity index is 1.32. The van der Waals surface area contributed by atoms with Crippen molar-refractivity contribution in [3.05, 3.63) is 73.3 Å². The third kappa shape index (κ3) is 5.27. The molecule has 1 unspecified atom stereocenters. The minimum atomic E-state index is -1.29. The second-order valence-corrected chi connectivity index (χ2v) is 12.8. The van der Waals surface area contributed by atoms with E-state index in [1.807, 2.05) is 0 Å². The number of amides is 2. The number of rotatable bonds is 7. The largest absolute Gasteiger partial charge is 0.477 e. The smallest absolute Gasteiger partial charge is 0.352 e. The number of anilines is 1. The van der Waals surface area contributed by atoms with Gasteiger partial charge in [0, 0.05) is 32.3 Å². The molecule has 39 heavy (non-hydrogen) atoms. The number of aromatic nitrogens is 1. The molecule has 1 fully saturated rings. The van der Waals surface area contributed by atoms with Crippen LogP contribution >= 0.6 is 57.8 Å². The molecule has 4 heterocycles. The second kappa shape index (κ2) is 11.0. The van der Waals surface area contributed by atoms with E-state index in [2.05, 4.69) is 15.5 Å². The molecule has 2 atom stereocenters. The van der Waals surface area contributed by atoms with Crippen LogP contribution in [0.15, 0.2) is 66.6 Å². The first-order chi connectivity index (χ1) is 18.7. The van der Waals surface area contributed by atoms with Crippen LogP contribution < -0.4 is 16.5 Å². The topological polar surface area (TPSA) is 175 Å². The van der Waals surface area contributed by atoms with Crippen molar-refractivity contribution >= 4 is 96.5 Å². The summed E-state index contributed by atoms with van der Waals surface area (Å²) >= 11 is 11.0. The Morgan fingerprint density at radius 3 is 2.79 bits per heavy atom. The van der Waals surface area contributed by atoms with Crippen LogP contribution in [0.1, 0.15) is 5.69 Å². The van der Waals surface area contributed by atoms with Gasteiger partial charge >= 0.3 is 5.97 Å². The summed E-state index contributed by atoms with van der Waals surface area (Å²) in [5.41, 5.74) is 5.27. The van der Waals surface area contributed by atoms with Crippen molar-refractivity contribution in [3.8, 4) is 0 Å². The van der Waals surface area contributed by atoms with E-state index >= 15 is 0 Å². The molecule has 3 aromatic rings. The SMILES string of the molecule is Nc1nc(/C(=N\O)C(=O)NC2C(=O)N3C(C(=O)O)=C(/C=C/Sc4cc(=O)c5ccc(Cl)cc5s4)CS[C@H]23)cs1. The monoisotopic (exact) mass is 621 g/mol. The first kappa shape index (κ1) is 27.2. The lowest BCUT2D eigenvalue weighted by atomic mass is 10.0. The van der Waals surface area contributed by atoms with Gasteiger partial charge in [0.25, 0.3) is 11.8 Å². The van der Waals surface area contributed by atoms with Gasteiger partial charge in [-0.2, -0.15) is 0 Å². The first-order valence-electron chi connectivity index (χ1n) is 10.9. The highest BCUT2D eigenvalue weighted by atomic mass is 35.5. The summed E-state index contributed by atoms with van der Waals surface area (Å²) in [6.07, 6.45) is 1.60. The Bertz CT molecular complexity index is 1680. The Morgan fingerprint density at radius 1 is 1.31 bits per heavy atom. The lowest BCUT2D eigenvalue weighted by Crippen LogP contribution is -2.71. The molecule has 1 saturated heterocycles. The Kier molecular flexibility index (Phi) is 7.68. The molecule has 2 amide bonds. The van der Waals surface area contributed by atoms with Crippen molar-refractivity contribution < 1.29 is 24.7 Å². The van der Waals surface area contributed by atoms with E-state index in [1.165, 1.54) is 46.3 Å². The normalized spacial score (nSPS) is 19.4. The van der Waals surface area contributed by atoms with Crippen LogP contribution in [0, 0.1) is 0 Å². The van der Waals surface area contributed by atoms with Crippen molar-refractivity contribution in [2.75, 3.05) is 11.5 Å². The second-order valence-electron chi connectivity index (χ2n) is 8.05. The number of nitrogen functional groups attached to an aromatic ring is 1. The molecule has 2 aliphatic rings. The number of aliphatic carboxylic acids is 1. The number of carbonyl (C=O) groups is 3. The van der Waals surface area contributed by atoms with Crippen LogP contribution in [0.3, 0.4) is 0 Å². The number of thiazole rings is 1. The lowest BCUT2D eigenvalue weighted by Gasteiger charge is -2.49. The predicted octanol–water partition coefficient (Wildman–Crippen LogP) is 3.18. The Morgan fingerprint density at radius 2 is 2.10 bits per heavy atom. The summed E-state index contributed by atoms with van der Waals surface area (Å²) in [6.45, 7) is 0. The average molecular weight is 622 g/mol. The lowest BCUT2D eigenvalue weighted by molar-refractivity contribution is -0.150. The van der Waals surface area contributed by atoms with Crippen molar-refractivity contribution in [1.29, 1.82) is 0 Å². The molecule has 16 heteroatoms. The molecule has 11 nitrogen and oxygen atoms in total. The van der Waals surface area contributed by atoms with Gasteiger partial charge in [-0.25, -0.2) is 9.78 Å². The minimum absolute atomic E-state index is 0.0491. The van der Waals surface area contributed by atoms with E-state index < -0.39 is 34.9 Å². The Hall–Kier alpha value is -3.37. The van der Waals surface area contributed by atoms with E-state index in [4.69, 9.17) is 17.3 Å². The summed E-state index contributed by atoms with van der Waals surface area (Å²) in [5.74, 6) is -2.49. The molecule has 2 aromatic heterocycles. The number of fused-ring (bicyclic) bond motifs is 2. The number of β-lactam (4-membered cyclic amide) rings is 1. The molecule has 1 aromatic carbocycles. The number of allylic oxidation sites excluding steroid dienone is 1. The van der Waals surface area contributed by atoms with Crippen LogP contribution in [0.4, 0.5) is 5.13 Å². The fourth-order valence-electron chi connectivity index (χ4n) is 3.94. The molecular weight excluding hydrogens is 606 g/mol. The molecule has 0 saturated carbocycles. The number of nitrogens with zero attached hydrogens (tertiary/aromatic N) is 3. The van der Waals surface area contributed by atoms with Gasteiger partial charge in [-0.15, -0.1) is 34.4 Å². The molecule has 0 aliphatic carbocycles. The first-order valence-corrected chi connectivity index (χ1v) is 14.9. The molecule has 200 valence electrons. The van der Waals surface area contributed by atoms with Crippen LogP contribution in [0.25, 0.3) is 10.1 Å². The number of carboxylic acid groups (broad SMARTS) is 1. The summed E-state index contributed by atoms with van der Waals surface area (Å²) < 4.78 is 1.43. The zero-order chi connectivity index (χ0) is 27.8. The van der Waals surface area contributed by atoms with Gasteiger partial charge < -0.3 is 21.4 Å². The van der Waals surface area contributed by atoms with Crippen molar-refractivity contribution in [1.82, 2.24) is 15.2 Å². The van der Waals surface area contributed by atoms with Gasteiger partial charge in [-0.1, -0.05) is 28.5 Å². The van der Waals surface area contributed by atoms with Crippen LogP contribution in [0.5, 0.6) is 0 Å². The molecular formula is C23H16ClN5O6S4. The number of hydrogen-bond donors (Lipinski definition) is 4. The molecule has 0 bridgehead atoms. The Labute approximate surface area is 241 Å². The molecule has 2 aliphatic heterocycles. The number of halogens is 1. The van der Waals surface area contributed by atoms with Gasteiger partial charge in [0.1, 0.15) is 22.8 Å². The van der Waals surface area contributed by atoms with Crippen molar-refractivity contribution in [2.24, 2.45) is 5.16 Å². The number of oxime groups is 1. The summed E-state index contributed by atoms with van der Waals surface area (Å²) in [7, 11) is 0. The zero-order valence-corrected chi connectivity index (χ0v) is 23.4. The summed E-state index contributed by atoms with van der Waals surface area (Å²) in [5, 5.41) is 28.3. The molecule has 0 radical (unpaired) electrons. The van der Waals surface area contributed by atoms with Crippen LogP contribution in [-0.4, -0.2) is 60.9 Å². The highest BCUT2D eigenvalue weighted by Gasteiger charge is 2.54. The number of nitrogens with one attached hydrogen (secondary N) is 1. The fourth-order valence-corrected chi connectivity index (χ4v) is 8.06. The van der Waals surface area contributed by atoms with Crippen molar-refractivity contribution in [3.63, 3.8) is 0 Å². The summed E-state index contributed by atoms with van der Waals surface area (Å²) in [6, 6.07) is 5.52. The summed E-state index contributed by atoms with van der Waals surface area (Å²) in [4.78, 5) is 55.1. The maximum Gasteiger partial charge on any atom is 0.352 e. The number of thioether (sulfide) groups is 2. The van der Waals surface area contributed by atoms with Crippen LogP contribution in [-0.2, 0) is 14.4 Å². The van der Waals surface area contributed by atoms with Gasteiger partial charge in [0.15, 0.2) is 16.3 Å². The number of nitrogens with two attached hydrogens (primary N) is 1. The molecule has 0 spiro atoms. The average Bonchev–Trinajstić information content (AvgIpc) is 3.32. The molecule has 5 rings (SSSR count). The van der Waals surface area contributed by atoms with E-state index in [-0.39, 0.29) is 27.7 Å². The van der Waals surface area contributed by atoms with Gasteiger partial charge in [0.05, 0.1) is 4.21 Å². The predicted molar refractivity (Wildman–Crippen MR) is 153 cm³/mol. The third-order valence-corrected chi connectivity index (χ3v) is 9.94. The highest BCUT2D eigenvalue weighted by Crippen LogP contribution is 2.41. The minimum Gasteiger partial charge on any atom is -0.477 e. The van der Waals surface area contributed by atoms with Crippen molar-refractivity contribution in [2.45, 2.75) is 15.6 Å². The molecule has 5 N–H and O–H groups in total. The third-order valence-electron chi connectivity index (χ3n) is 5.69. The maximum atomic E-state index is 12.9. The fraction of sp³-hybridized carbons (Fsp3) is 0.130.